The van der Waals surface area contributed by atoms with E-state index in [0.717, 1.165) is 0 Å². The van der Waals surface area contributed by atoms with Crippen molar-refractivity contribution in [1.29, 1.82) is 0 Å². The number of hydrogen-bond acceptors (Lipinski definition) is 9. The molecule has 8 N–H and O–H groups in total. The van der Waals surface area contributed by atoms with Gasteiger partial charge in [-0.3, -0.25) is 0 Å². The summed E-state index contributed by atoms with van der Waals surface area (Å²) < 4.78 is 2.77. The fourth-order valence-corrected chi connectivity index (χ4v) is 2.78. The number of aromatic nitrogens is 7. The molecule has 3 aromatic heterocycles. The van der Waals surface area contributed by atoms with Crippen LogP contribution in [0.4, 0.5) is 23.0 Å². The van der Waals surface area contributed by atoms with Crippen molar-refractivity contribution in [2.45, 2.75) is 52.4 Å². The van der Waals surface area contributed by atoms with E-state index in [1.165, 1.54) is 15.7 Å². The fraction of sp³-hybridized carbons (Fsp3) is 0.471. The Hall–Kier alpha value is -3.37. The summed E-state index contributed by atoms with van der Waals surface area (Å²) in [7, 11) is 0. The summed E-state index contributed by atoms with van der Waals surface area (Å²) in [6, 6.07) is 0. The van der Waals surface area contributed by atoms with E-state index in [1.807, 2.05) is 41.5 Å². The third-order valence-electron chi connectivity index (χ3n) is 4.26. The molecule has 28 heavy (non-hydrogen) atoms. The summed E-state index contributed by atoms with van der Waals surface area (Å²) in [6.45, 7) is 12.0. The van der Waals surface area contributed by atoms with Crippen LogP contribution in [-0.2, 0) is 10.8 Å². The lowest BCUT2D eigenvalue weighted by Gasteiger charge is -2.15. The molecule has 0 spiro atoms. The van der Waals surface area contributed by atoms with Crippen molar-refractivity contribution >= 4 is 23.0 Å². The Morgan fingerprint density at radius 2 is 1.04 bits per heavy atom. The zero-order chi connectivity index (χ0) is 21.0. The molecule has 0 aliphatic carbocycles. The van der Waals surface area contributed by atoms with E-state index in [1.54, 1.807) is 0 Å². The van der Waals surface area contributed by atoms with Gasteiger partial charge in [0.25, 0.3) is 11.9 Å². The second-order valence-electron chi connectivity index (χ2n) is 8.70. The molecule has 0 radical (unpaired) electrons. The maximum atomic E-state index is 6.14. The van der Waals surface area contributed by atoms with E-state index in [9.17, 15) is 0 Å². The van der Waals surface area contributed by atoms with E-state index >= 15 is 0 Å². The molecule has 3 aromatic rings. The van der Waals surface area contributed by atoms with Crippen molar-refractivity contribution in [1.82, 2.24) is 34.5 Å². The van der Waals surface area contributed by atoms with Crippen molar-refractivity contribution < 1.29 is 0 Å². The first-order chi connectivity index (χ1) is 12.8. The number of nitrogens with two attached hydrogens (primary N) is 4. The third-order valence-corrected chi connectivity index (χ3v) is 4.26. The Morgan fingerprint density at radius 1 is 0.679 bits per heavy atom. The molecule has 0 aliphatic heterocycles. The first kappa shape index (κ1) is 19.4. The molecule has 0 amide bonds. The summed E-state index contributed by atoms with van der Waals surface area (Å²) >= 11 is 0. The largest absolute Gasteiger partial charge is 0.394 e. The minimum atomic E-state index is -0.290. The van der Waals surface area contributed by atoms with E-state index in [0.29, 0.717) is 22.8 Å². The standard InChI is InChI=1S/C17H27N11/c1-16(2,3)10-8(18)12(20)27(25-10)14-22-7-23-15(24-14)28-13(21)9(19)11(26-28)17(4,5)6/h7H,18-21H2,1-6H3. The SMILES string of the molecule is CC(C)(C)c1nn(-c2ncnc(-n3nc(C(C)(C)C)c(N)c3N)n2)c(N)c1N. The highest BCUT2D eigenvalue weighted by Crippen LogP contribution is 2.33. The van der Waals surface area contributed by atoms with Gasteiger partial charge >= 0.3 is 0 Å². The van der Waals surface area contributed by atoms with Gasteiger partial charge in [0.1, 0.15) is 6.33 Å². The molecule has 0 atom stereocenters. The van der Waals surface area contributed by atoms with Gasteiger partial charge in [-0.05, 0) is 0 Å². The average molecular weight is 385 g/mol. The summed E-state index contributed by atoms with van der Waals surface area (Å²) in [5, 5.41) is 9.00. The Balaban J connectivity index is 2.13. The Kier molecular flexibility index (Phi) is 4.21. The van der Waals surface area contributed by atoms with Crippen LogP contribution < -0.4 is 22.9 Å². The molecule has 3 rings (SSSR count). The van der Waals surface area contributed by atoms with Crippen LogP contribution >= 0.6 is 0 Å². The quantitative estimate of drug-likeness (QED) is 0.503. The van der Waals surface area contributed by atoms with Crippen LogP contribution in [0.2, 0.25) is 0 Å². The molecule has 0 unspecified atom stereocenters. The van der Waals surface area contributed by atoms with Gasteiger partial charge in [-0.2, -0.15) is 34.5 Å². The van der Waals surface area contributed by atoms with Gasteiger partial charge in [0.15, 0.2) is 11.6 Å². The molecule has 0 aromatic carbocycles. The van der Waals surface area contributed by atoms with Gasteiger partial charge in [-0.25, -0.2) is 0 Å². The molecule has 11 nitrogen and oxygen atoms in total. The van der Waals surface area contributed by atoms with Crippen LogP contribution in [0.5, 0.6) is 0 Å². The molecule has 0 fully saturated rings. The Bertz CT molecular complexity index is 951. The molecule has 150 valence electrons. The maximum Gasteiger partial charge on any atom is 0.257 e. The highest BCUT2D eigenvalue weighted by atomic mass is 15.4. The lowest BCUT2D eigenvalue weighted by Crippen LogP contribution is -2.16. The monoisotopic (exact) mass is 385 g/mol. The predicted molar refractivity (Wildman–Crippen MR) is 109 cm³/mol. The second-order valence-corrected chi connectivity index (χ2v) is 8.70. The summed E-state index contributed by atoms with van der Waals surface area (Å²) in [5.41, 5.74) is 26.1. The number of hydrogen-bond donors (Lipinski definition) is 4. The lowest BCUT2D eigenvalue weighted by atomic mass is 9.91. The van der Waals surface area contributed by atoms with Crippen LogP contribution in [-0.4, -0.2) is 34.5 Å². The zero-order valence-electron chi connectivity index (χ0n) is 17.0. The Morgan fingerprint density at radius 3 is 1.32 bits per heavy atom. The maximum absolute atomic E-state index is 6.14. The zero-order valence-corrected chi connectivity index (χ0v) is 17.0. The first-order valence-electron chi connectivity index (χ1n) is 8.81. The number of nitrogen functional groups attached to an aromatic ring is 4. The van der Waals surface area contributed by atoms with Crippen molar-refractivity contribution in [3.05, 3.63) is 17.7 Å². The predicted octanol–water partition coefficient (Wildman–Crippen LogP) is 1.17. The van der Waals surface area contributed by atoms with E-state index in [-0.39, 0.29) is 34.4 Å². The summed E-state index contributed by atoms with van der Waals surface area (Å²) in [6.07, 6.45) is 1.33. The van der Waals surface area contributed by atoms with Gasteiger partial charge in [0.05, 0.1) is 22.8 Å². The molecule has 0 aliphatic rings. The van der Waals surface area contributed by atoms with Gasteiger partial charge < -0.3 is 22.9 Å². The minimum Gasteiger partial charge on any atom is -0.394 e. The summed E-state index contributed by atoms with van der Waals surface area (Å²) in [5.74, 6) is 0.918. The van der Waals surface area contributed by atoms with E-state index in [4.69, 9.17) is 22.9 Å². The molecule has 11 heteroatoms. The smallest absolute Gasteiger partial charge is 0.257 e. The van der Waals surface area contributed by atoms with Gasteiger partial charge in [-0.15, -0.1) is 0 Å². The normalized spacial score (nSPS) is 12.5. The average Bonchev–Trinajstić information content (AvgIpc) is 3.05. The Labute approximate surface area is 163 Å². The highest BCUT2D eigenvalue weighted by Gasteiger charge is 2.27. The lowest BCUT2D eigenvalue weighted by molar-refractivity contribution is 0.557. The topological polar surface area (TPSA) is 178 Å². The van der Waals surface area contributed by atoms with Crippen molar-refractivity contribution in [3.63, 3.8) is 0 Å². The first-order valence-corrected chi connectivity index (χ1v) is 8.81. The van der Waals surface area contributed by atoms with Crippen LogP contribution in [0, 0.1) is 0 Å². The molecular formula is C17H27N11. The van der Waals surface area contributed by atoms with Crippen molar-refractivity contribution in [3.8, 4) is 11.9 Å². The number of anilines is 4. The van der Waals surface area contributed by atoms with Crippen LogP contribution in [0.3, 0.4) is 0 Å². The van der Waals surface area contributed by atoms with Crippen molar-refractivity contribution in [2.24, 2.45) is 0 Å². The summed E-state index contributed by atoms with van der Waals surface area (Å²) in [4.78, 5) is 12.8. The van der Waals surface area contributed by atoms with Gasteiger partial charge in [0, 0.05) is 10.8 Å². The molecule has 3 heterocycles. The van der Waals surface area contributed by atoms with Gasteiger partial charge in [-0.1, -0.05) is 41.5 Å². The van der Waals surface area contributed by atoms with Crippen LogP contribution in [0.25, 0.3) is 11.9 Å². The van der Waals surface area contributed by atoms with Crippen molar-refractivity contribution in [2.75, 3.05) is 22.9 Å². The van der Waals surface area contributed by atoms with Crippen LogP contribution in [0.1, 0.15) is 52.9 Å². The fourth-order valence-electron chi connectivity index (χ4n) is 2.78. The molecular weight excluding hydrogens is 358 g/mol. The third kappa shape index (κ3) is 3.08. The molecule has 0 saturated heterocycles. The van der Waals surface area contributed by atoms with E-state index < -0.39 is 0 Å². The number of rotatable bonds is 2. The van der Waals surface area contributed by atoms with Gasteiger partial charge in [0.2, 0.25) is 0 Å². The minimum absolute atomic E-state index is 0.204. The molecule has 0 saturated carbocycles. The molecule has 0 bridgehead atoms. The number of nitrogens with zero attached hydrogens (tertiary/aromatic N) is 7. The highest BCUT2D eigenvalue weighted by molar-refractivity contribution is 5.66. The second kappa shape index (κ2) is 6.08. The van der Waals surface area contributed by atoms with Crippen LogP contribution in [0.15, 0.2) is 6.33 Å². The van der Waals surface area contributed by atoms with E-state index in [2.05, 4.69) is 25.1 Å².